The molecule has 2 aliphatic rings. The largest absolute Gasteiger partial charge is 0.465 e. The number of carbonyl (C=O) groups is 2. The fourth-order valence-corrected chi connectivity index (χ4v) is 7.41. The van der Waals surface area contributed by atoms with E-state index in [2.05, 4.69) is 26.7 Å². The minimum absolute atomic E-state index is 0.156. The zero-order valence-corrected chi connectivity index (χ0v) is 23.0. The Bertz CT molecular complexity index is 1060. The molecule has 0 spiro atoms. The summed E-state index contributed by atoms with van der Waals surface area (Å²) in [5.41, 5.74) is 1.60. The number of thioether (sulfide) groups is 1. The molecule has 2 heterocycles. The van der Waals surface area contributed by atoms with Crippen molar-refractivity contribution < 1.29 is 14.3 Å². The normalized spacial score (nSPS) is 16.6. The van der Waals surface area contributed by atoms with E-state index in [4.69, 9.17) is 4.74 Å². The standard InChI is InChI=1S/C27H38N4O3S2/c1-3-17-31-22(16-15-19-11-7-6-8-12-19)29-30-27(31)35-18-23(32)28-25-24(26(33)34-2)20-13-9-4-5-10-14-21(20)36-25/h3,19H,1,4-18H2,2H3,(H,28,32). The van der Waals surface area contributed by atoms with Crippen LogP contribution in [0.1, 0.15) is 90.8 Å². The van der Waals surface area contributed by atoms with Gasteiger partial charge in [-0.05, 0) is 43.6 Å². The van der Waals surface area contributed by atoms with Crippen molar-refractivity contribution in [3.05, 3.63) is 34.5 Å². The first-order chi connectivity index (χ1) is 17.6. The summed E-state index contributed by atoms with van der Waals surface area (Å²) >= 11 is 2.90. The second-order valence-electron chi connectivity index (χ2n) is 9.79. The summed E-state index contributed by atoms with van der Waals surface area (Å²) in [5, 5.41) is 13.2. The van der Waals surface area contributed by atoms with Crippen LogP contribution in [0.2, 0.25) is 0 Å². The van der Waals surface area contributed by atoms with Crippen LogP contribution in [0.15, 0.2) is 17.8 Å². The molecule has 0 radical (unpaired) electrons. The number of carbonyl (C=O) groups excluding carboxylic acids is 2. The van der Waals surface area contributed by atoms with E-state index in [1.165, 1.54) is 80.0 Å². The van der Waals surface area contributed by atoms with Gasteiger partial charge in [-0.1, -0.05) is 62.8 Å². The Labute approximate surface area is 222 Å². The van der Waals surface area contributed by atoms with Crippen LogP contribution in [0.3, 0.4) is 0 Å². The topological polar surface area (TPSA) is 86.1 Å². The van der Waals surface area contributed by atoms with Crippen molar-refractivity contribution >= 4 is 40.0 Å². The predicted octanol–water partition coefficient (Wildman–Crippen LogP) is 6.21. The van der Waals surface area contributed by atoms with Crippen LogP contribution in [0.5, 0.6) is 0 Å². The van der Waals surface area contributed by atoms with Gasteiger partial charge in [-0.3, -0.25) is 4.79 Å². The van der Waals surface area contributed by atoms with E-state index in [1.807, 2.05) is 6.08 Å². The Morgan fingerprint density at radius 2 is 1.89 bits per heavy atom. The monoisotopic (exact) mass is 530 g/mol. The molecule has 2 aliphatic carbocycles. The molecule has 1 fully saturated rings. The quantitative estimate of drug-likeness (QED) is 0.223. The third-order valence-electron chi connectivity index (χ3n) is 7.25. The molecule has 36 heavy (non-hydrogen) atoms. The molecule has 1 amide bonds. The van der Waals surface area contributed by atoms with Gasteiger partial charge in [0.05, 0.1) is 18.4 Å². The number of fused-ring (bicyclic) bond motifs is 1. The van der Waals surface area contributed by atoms with Crippen LogP contribution in [-0.4, -0.2) is 39.5 Å². The van der Waals surface area contributed by atoms with E-state index in [1.54, 1.807) is 0 Å². The lowest BCUT2D eigenvalue weighted by atomic mass is 9.86. The van der Waals surface area contributed by atoms with Gasteiger partial charge in [-0.2, -0.15) is 0 Å². The molecule has 0 aromatic carbocycles. The predicted molar refractivity (Wildman–Crippen MR) is 146 cm³/mol. The summed E-state index contributed by atoms with van der Waals surface area (Å²) in [4.78, 5) is 26.8. The maximum Gasteiger partial charge on any atom is 0.341 e. The van der Waals surface area contributed by atoms with Gasteiger partial charge in [0.15, 0.2) is 5.16 Å². The lowest BCUT2D eigenvalue weighted by molar-refractivity contribution is -0.113. The van der Waals surface area contributed by atoms with Crippen molar-refractivity contribution in [2.24, 2.45) is 5.92 Å². The Morgan fingerprint density at radius 3 is 2.64 bits per heavy atom. The number of nitrogens with zero attached hydrogens (tertiary/aromatic N) is 3. The van der Waals surface area contributed by atoms with E-state index in [9.17, 15) is 9.59 Å². The van der Waals surface area contributed by atoms with Crippen LogP contribution in [-0.2, 0) is 35.3 Å². The third kappa shape index (κ3) is 6.79. The number of aryl methyl sites for hydroxylation is 2. The van der Waals surface area contributed by atoms with E-state index in [-0.39, 0.29) is 17.6 Å². The Kier molecular flexibility index (Phi) is 10.0. The van der Waals surface area contributed by atoms with Crippen molar-refractivity contribution in [3.8, 4) is 0 Å². The highest BCUT2D eigenvalue weighted by molar-refractivity contribution is 7.99. The molecule has 2 aromatic rings. The number of esters is 1. The molecular weight excluding hydrogens is 492 g/mol. The summed E-state index contributed by atoms with van der Waals surface area (Å²) in [6, 6.07) is 0. The van der Waals surface area contributed by atoms with Crippen LogP contribution >= 0.6 is 23.1 Å². The van der Waals surface area contributed by atoms with Gasteiger partial charge in [-0.25, -0.2) is 4.79 Å². The molecule has 196 valence electrons. The third-order valence-corrected chi connectivity index (χ3v) is 9.43. The number of nitrogens with one attached hydrogen (secondary N) is 1. The van der Waals surface area contributed by atoms with Gasteiger partial charge in [0.2, 0.25) is 5.91 Å². The molecular formula is C27H38N4O3S2. The van der Waals surface area contributed by atoms with Gasteiger partial charge in [0.1, 0.15) is 10.8 Å². The highest BCUT2D eigenvalue weighted by Gasteiger charge is 2.26. The van der Waals surface area contributed by atoms with E-state index in [0.29, 0.717) is 17.1 Å². The highest BCUT2D eigenvalue weighted by atomic mass is 32.2. The number of ether oxygens (including phenoxy) is 1. The first-order valence-electron chi connectivity index (χ1n) is 13.3. The van der Waals surface area contributed by atoms with E-state index >= 15 is 0 Å². The maximum absolute atomic E-state index is 13.0. The van der Waals surface area contributed by atoms with Crippen molar-refractivity contribution in [1.29, 1.82) is 0 Å². The molecule has 1 saturated carbocycles. The number of allylic oxidation sites excluding steroid dienone is 1. The van der Waals surface area contributed by atoms with Crippen LogP contribution < -0.4 is 5.32 Å². The number of hydrogen-bond acceptors (Lipinski definition) is 7. The van der Waals surface area contributed by atoms with Crippen molar-refractivity contribution in [3.63, 3.8) is 0 Å². The second kappa shape index (κ2) is 13.4. The summed E-state index contributed by atoms with van der Waals surface area (Å²) in [6.07, 6.45) is 16.9. The number of aromatic nitrogens is 3. The van der Waals surface area contributed by atoms with E-state index < -0.39 is 0 Å². The van der Waals surface area contributed by atoms with Crippen LogP contribution in [0.25, 0.3) is 0 Å². The summed E-state index contributed by atoms with van der Waals surface area (Å²) in [5.74, 6) is 1.42. The van der Waals surface area contributed by atoms with Crippen molar-refractivity contribution in [2.45, 2.75) is 95.2 Å². The number of anilines is 1. The molecule has 2 aromatic heterocycles. The molecule has 0 bridgehead atoms. The molecule has 9 heteroatoms. The lowest BCUT2D eigenvalue weighted by Crippen LogP contribution is -2.17. The Hall–Kier alpha value is -2.13. The summed E-state index contributed by atoms with van der Waals surface area (Å²) < 4.78 is 7.15. The number of methoxy groups -OCH3 is 1. The maximum atomic E-state index is 13.0. The average Bonchev–Trinajstić information content (AvgIpc) is 3.41. The first-order valence-corrected chi connectivity index (χ1v) is 15.1. The van der Waals surface area contributed by atoms with Gasteiger partial charge in [0.25, 0.3) is 0 Å². The molecule has 0 aliphatic heterocycles. The summed E-state index contributed by atoms with van der Waals surface area (Å²) in [6.45, 7) is 4.52. The van der Waals surface area contributed by atoms with Gasteiger partial charge in [0, 0.05) is 17.8 Å². The van der Waals surface area contributed by atoms with Gasteiger partial charge in [-0.15, -0.1) is 28.1 Å². The molecule has 0 saturated heterocycles. The smallest absolute Gasteiger partial charge is 0.341 e. The average molecular weight is 531 g/mol. The van der Waals surface area contributed by atoms with Gasteiger partial charge >= 0.3 is 5.97 Å². The highest BCUT2D eigenvalue weighted by Crippen LogP contribution is 2.37. The van der Waals surface area contributed by atoms with E-state index in [0.717, 1.165) is 61.0 Å². The molecule has 0 atom stereocenters. The minimum atomic E-state index is -0.371. The Balaban J connectivity index is 1.41. The van der Waals surface area contributed by atoms with Crippen LogP contribution in [0, 0.1) is 5.92 Å². The lowest BCUT2D eigenvalue weighted by Gasteiger charge is -2.21. The number of thiophene rings is 1. The van der Waals surface area contributed by atoms with Gasteiger partial charge < -0.3 is 14.6 Å². The number of amides is 1. The molecule has 7 nitrogen and oxygen atoms in total. The van der Waals surface area contributed by atoms with Crippen molar-refractivity contribution in [2.75, 3.05) is 18.2 Å². The molecule has 4 rings (SSSR count). The summed E-state index contributed by atoms with van der Waals surface area (Å²) in [7, 11) is 1.40. The number of rotatable bonds is 10. The number of hydrogen-bond donors (Lipinski definition) is 1. The van der Waals surface area contributed by atoms with Crippen LogP contribution in [0.4, 0.5) is 5.00 Å². The molecule has 0 unspecified atom stereocenters. The SMILES string of the molecule is C=CCn1c(CCC2CCCCC2)nnc1SCC(=O)Nc1sc2c(c1C(=O)OC)CCCCCC2. The first kappa shape index (κ1) is 26.9. The zero-order valence-electron chi connectivity index (χ0n) is 21.4. The minimum Gasteiger partial charge on any atom is -0.465 e. The fraction of sp³-hybridized carbons (Fsp3) is 0.630. The molecule has 1 N–H and O–H groups in total. The fourth-order valence-electron chi connectivity index (χ4n) is 5.35. The Morgan fingerprint density at radius 1 is 1.14 bits per heavy atom. The van der Waals surface area contributed by atoms with Crippen molar-refractivity contribution in [1.82, 2.24) is 14.8 Å². The zero-order chi connectivity index (χ0) is 25.3. The second-order valence-corrected chi connectivity index (χ2v) is 11.8.